The third-order valence-corrected chi connectivity index (χ3v) is 4.10. The Hall–Kier alpha value is -1.59. The van der Waals surface area contributed by atoms with Crippen LogP contribution in [0.15, 0.2) is 23.6 Å². The minimum absolute atomic E-state index is 0.0667. The molecule has 0 unspecified atom stereocenters. The van der Waals surface area contributed by atoms with Gasteiger partial charge in [0.05, 0.1) is 6.42 Å². The van der Waals surface area contributed by atoms with E-state index in [0.29, 0.717) is 18.0 Å². The molecule has 2 rings (SSSR count). The lowest BCUT2D eigenvalue weighted by Gasteiger charge is -2.04. The highest BCUT2D eigenvalue weighted by Crippen LogP contribution is 2.28. The number of fused-ring (bicyclic) bond motifs is 1. The number of carboxylic acids is 1. The molecule has 0 atom stereocenters. The fourth-order valence-corrected chi connectivity index (χ4v) is 3.01. The van der Waals surface area contributed by atoms with Gasteiger partial charge in [0.25, 0.3) is 0 Å². The first-order chi connectivity index (χ1) is 9.56. The predicted octanol–water partition coefficient (Wildman–Crippen LogP) is 3.08. The van der Waals surface area contributed by atoms with Crippen LogP contribution in [0.4, 0.5) is 0 Å². The van der Waals surface area contributed by atoms with E-state index in [2.05, 4.69) is 5.32 Å². The van der Waals surface area contributed by atoms with Crippen molar-refractivity contribution in [2.24, 2.45) is 0 Å². The van der Waals surface area contributed by atoms with E-state index in [0.717, 1.165) is 15.6 Å². The number of aliphatic carboxylic acids is 1. The number of hydrogen-bond donors (Lipinski definition) is 2. The number of carboxylic acid groups (broad SMARTS) is 1. The average Bonchev–Trinajstić information content (AvgIpc) is 2.77. The van der Waals surface area contributed by atoms with Crippen molar-refractivity contribution < 1.29 is 14.7 Å². The molecule has 0 spiro atoms. The monoisotopic (exact) mass is 311 g/mol. The Bertz CT molecular complexity index is 638. The third kappa shape index (κ3) is 3.95. The molecular weight excluding hydrogens is 298 g/mol. The van der Waals surface area contributed by atoms with Crippen LogP contribution in [0, 0.1) is 0 Å². The van der Waals surface area contributed by atoms with Gasteiger partial charge in [-0.05, 0) is 40.9 Å². The smallest absolute Gasteiger partial charge is 0.303 e. The number of benzene rings is 1. The highest BCUT2D eigenvalue weighted by Gasteiger charge is 2.09. The minimum atomic E-state index is -0.849. The number of rotatable bonds is 6. The van der Waals surface area contributed by atoms with Crippen molar-refractivity contribution in [3.05, 3.63) is 34.2 Å². The SMILES string of the molecule is O=C(O)CCCNC(=O)Cc1csc2ccc(Cl)cc12. The first-order valence-corrected chi connectivity index (χ1v) is 7.46. The van der Waals surface area contributed by atoms with Crippen LogP contribution in [0.1, 0.15) is 18.4 Å². The molecule has 0 aliphatic rings. The molecule has 1 amide bonds. The number of amides is 1. The summed E-state index contributed by atoms with van der Waals surface area (Å²) in [6, 6.07) is 5.63. The van der Waals surface area contributed by atoms with Crippen LogP contribution in [0.2, 0.25) is 5.02 Å². The van der Waals surface area contributed by atoms with Crippen molar-refractivity contribution in [2.75, 3.05) is 6.54 Å². The Morgan fingerprint density at radius 3 is 2.90 bits per heavy atom. The van der Waals surface area contributed by atoms with Crippen LogP contribution >= 0.6 is 22.9 Å². The molecule has 1 aromatic heterocycles. The normalized spacial score (nSPS) is 10.7. The van der Waals surface area contributed by atoms with Gasteiger partial charge in [0.1, 0.15) is 0 Å². The molecule has 1 aromatic carbocycles. The molecule has 6 heteroatoms. The van der Waals surface area contributed by atoms with E-state index in [1.165, 1.54) is 0 Å². The van der Waals surface area contributed by atoms with Crippen LogP contribution < -0.4 is 5.32 Å². The Labute approximate surface area is 125 Å². The quantitative estimate of drug-likeness (QED) is 0.806. The second-order valence-electron chi connectivity index (χ2n) is 4.43. The topological polar surface area (TPSA) is 66.4 Å². The zero-order valence-corrected chi connectivity index (χ0v) is 12.3. The lowest BCUT2D eigenvalue weighted by atomic mass is 10.1. The maximum atomic E-state index is 11.8. The van der Waals surface area contributed by atoms with Gasteiger partial charge in [-0.1, -0.05) is 11.6 Å². The Morgan fingerprint density at radius 1 is 1.35 bits per heavy atom. The summed E-state index contributed by atoms with van der Waals surface area (Å²) in [6.45, 7) is 0.383. The lowest BCUT2D eigenvalue weighted by molar-refractivity contribution is -0.137. The second-order valence-corrected chi connectivity index (χ2v) is 5.77. The maximum absolute atomic E-state index is 11.8. The van der Waals surface area contributed by atoms with Crippen molar-refractivity contribution in [3.8, 4) is 0 Å². The number of hydrogen-bond acceptors (Lipinski definition) is 3. The molecule has 0 radical (unpaired) electrons. The fraction of sp³-hybridized carbons (Fsp3) is 0.286. The zero-order chi connectivity index (χ0) is 14.5. The molecule has 0 fully saturated rings. The number of carbonyl (C=O) groups excluding carboxylic acids is 1. The van der Waals surface area contributed by atoms with E-state index in [4.69, 9.17) is 16.7 Å². The summed E-state index contributed by atoms with van der Waals surface area (Å²) in [7, 11) is 0. The molecule has 20 heavy (non-hydrogen) atoms. The van der Waals surface area contributed by atoms with Gasteiger partial charge < -0.3 is 10.4 Å². The number of nitrogens with one attached hydrogen (secondary N) is 1. The minimum Gasteiger partial charge on any atom is -0.481 e. The van der Waals surface area contributed by atoms with E-state index < -0.39 is 5.97 Å². The van der Waals surface area contributed by atoms with Gasteiger partial charge in [-0.15, -0.1) is 11.3 Å². The largest absolute Gasteiger partial charge is 0.481 e. The summed E-state index contributed by atoms with van der Waals surface area (Å²) in [5.41, 5.74) is 0.947. The molecule has 0 aliphatic carbocycles. The highest BCUT2D eigenvalue weighted by molar-refractivity contribution is 7.17. The standard InChI is InChI=1S/C14H14ClNO3S/c15-10-3-4-12-11(7-10)9(8-20-12)6-13(17)16-5-1-2-14(18)19/h3-4,7-8H,1-2,5-6H2,(H,16,17)(H,18,19). The maximum Gasteiger partial charge on any atom is 0.303 e. The van der Waals surface area contributed by atoms with Gasteiger partial charge in [-0.3, -0.25) is 9.59 Å². The van der Waals surface area contributed by atoms with Crippen LogP contribution in [-0.2, 0) is 16.0 Å². The van der Waals surface area contributed by atoms with Crippen molar-refractivity contribution in [1.82, 2.24) is 5.32 Å². The molecule has 2 aromatic rings. The Kier molecular flexibility index (Phi) is 4.98. The van der Waals surface area contributed by atoms with E-state index in [1.807, 2.05) is 23.6 Å². The van der Waals surface area contributed by atoms with Crippen molar-refractivity contribution >= 4 is 44.9 Å². The van der Waals surface area contributed by atoms with Crippen LogP contribution in [-0.4, -0.2) is 23.5 Å². The number of carbonyl (C=O) groups is 2. The summed E-state index contributed by atoms with van der Waals surface area (Å²) in [5, 5.41) is 14.8. The molecule has 0 bridgehead atoms. The molecule has 106 valence electrons. The van der Waals surface area contributed by atoms with Gasteiger partial charge in [0, 0.05) is 22.7 Å². The molecule has 4 nitrogen and oxygen atoms in total. The van der Waals surface area contributed by atoms with Gasteiger partial charge in [0.2, 0.25) is 5.91 Å². The number of thiophene rings is 1. The molecular formula is C14H14ClNO3S. The van der Waals surface area contributed by atoms with Crippen molar-refractivity contribution in [1.29, 1.82) is 0 Å². The van der Waals surface area contributed by atoms with E-state index in [-0.39, 0.29) is 18.7 Å². The fourth-order valence-electron chi connectivity index (χ4n) is 1.89. The van der Waals surface area contributed by atoms with E-state index in [1.54, 1.807) is 11.3 Å². The van der Waals surface area contributed by atoms with Crippen LogP contribution in [0.5, 0.6) is 0 Å². The van der Waals surface area contributed by atoms with E-state index >= 15 is 0 Å². The summed E-state index contributed by atoms with van der Waals surface area (Å²) in [6.07, 6.45) is 0.794. The van der Waals surface area contributed by atoms with Gasteiger partial charge in [-0.25, -0.2) is 0 Å². The third-order valence-electron chi connectivity index (χ3n) is 2.86. The first kappa shape index (κ1) is 14.8. The van der Waals surface area contributed by atoms with Gasteiger partial charge in [0.15, 0.2) is 0 Å². The number of halogens is 1. The van der Waals surface area contributed by atoms with Gasteiger partial charge >= 0.3 is 5.97 Å². The lowest BCUT2D eigenvalue weighted by Crippen LogP contribution is -2.26. The summed E-state index contributed by atoms with van der Waals surface area (Å²) in [5.74, 6) is -0.951. The summed E-state index contributed by atoms with van der Waals surface area (Å²) in [4.78, 5) is 22.2. The first-order valence-electron chi connectivity index (χ1n) is 6.20. The molecule has 1 heterocycles. The van der Waals surface area contributed by atoms with Crippen molar-refractivity contribution in [2.45, 2.75) is 19.3 Å². The highest BCUT2D eigenvalue weighted by atomic mass is 35.5. The van der Waals surface area contributed by atoms with E-state index in [9.17, 15) is 9.59 Å². The average molecular weight is 312 g/mol. The molecule has 0 saturated carbocycles. The summed E-state index contributed by atoms with van der Waals surface area (Å²) >= 11 is 7.55. The second kappa shape index (κ2) is 6.72. The predicted molar refractivity (Wildman–Crippen MR) is 80.4 cm³/mol. The van der Waals surface area contributed by atoms with Crippen LogP contribution in [0.25, 0.3) is 10.1 Å². The Morgan fingerprint density at radius 2 is 2.15 bits per heavy atom. The zero-order valence-electron chi connectivity index (χ0n) is 10.7. The Balaban J connectivity index is 1.93. The molecule has 0 aliphatic heterocycles. The van der Waals surface area contributed by atoms with Gasteiger partial charge in [-0.2, -0.15) is 0 Å². The van der Waals surface area contributed by atoms with Crippen LogP contribution in [0.3, 0.4) is 0 Å². The molecule has 2 N–H and O–H groups in total. The summed E-state index contributed by atoms with van der Waals surface area (Å²) < 4.78 is 1.10. The molecule has 0 saturated heterocycles. The van der Waals surface area contributed by atoms with Crippen molar-refractivity contribution in [3.63, 3.8) is 0 Å².